The quantitative estimate of drug-likeness (QED) is 0.361. The zero-order valence-corrected chi connectivity index (χ0v) is 13.4. The minimum absolute atomic E-state index is 0.305. The van der Waals surface area contributed by atoms with Crippen LogP contribution in [-0.2, 0) is 11.2 Å². The third-order valence-electron chi connectivity index (χ3n) is 3.42. The average Bonchev–Trinajstić information content (AvgIpc) is 3.09. The normalized spacial score (nSPS) is 11.7. The number of nitrogen functional groups attached to an aromatic ring is 1. The van der Waals surface area contributed by atoms with Gasteiger partial charge in [0.25, 0.3) is 0 Å². The standard InChI is InChI=1S/C18H18N4O3/c19-12-2-1-3-16(8-12)24-14-4-6-15(7-5-14)25-18(23)17(20)9-13-10-21-11-22-13/h1-8,10-11,17H,9,19-20H2,(H,21,22)/t17-/m0/s1. The maximum Gasteiger partial charge on any atom is 0.328 e. The van der Waals surface area contributed by atoms with Crippen LogP contribution in [0.15, 0.2) is 61.1 Å². The molecule has 0 spiro atoms. The molecular formula is C18H18N4O3. The van der Waals surface area contributed by atoms with E-state index in [0.717, 1.165) is 0 Å². The molecule has 1 heterocycles. The molecule has 128 valence electrons. The summed E-state index contributed by atoms with van der Waals surface area (Å²) in [5.74, 6) is 1.10. The first-order valence-corrected chi connectivity index (χ1v) is 7.68. The van der Waals surface area contributed by atoms with Gasteiger partial charge in [-0.15, -0.1) is 0 Å². The molecule has 7 heteroatoms. The summed E-state index contributed by atoms with van der Waals surface area (Å²) in [6, 6.07) is 13.0. The molecule has 0 bridgehead atoms. The number of ether oxygens (including phenoxy) is 2. The number of nitrogens with zero attached hydrogens (tertiary/aromatic N) is 1. The van der Waals surface area contributed by atoms with E-state index in [2.05, 4.69) is 9.97 Å². The minimum atomic E-state index is -0.786. The van der Waals surface area contributed by atoms with Crippen LogP contribution in [0.1, 0.15) is 5.69 Å². The van der Waals surface area contributed by atoms with E-state index in [1.165, 1.54) is 6.33 Å². The maximum atomic E-state index is 12.0. The second-order valence-corrected chi connectivity index (χ2v) is 5.44. The van der Waals surface area contributed by atoms with Crippen molar-refractivity contribution in [2.45, 2.75) is 12.5 Å². The van der Waals surface area contributed by atoms with Gasteiger partial charge in [0.2, 0.25) is 0 Å². The number of aromatic amines is 1. The van der Waals surface area contributed by atoms with Gasteiger partial charge in [0.15, 0.2) is 0 Å². The number of imidazole rings is 1. The molecule has 7 nitrogen and oxygen atoms in total. The van der Waals surface area contributed by atoms with Crippen LogP contribution in [0.2, 0.25) is 0 Å². The number of hydrogen-bond donors (Lipinski definition) is 3. The molecule has 0 unspecified atom stereocenters. The van der Waals surface area contributed by atoms with Crippen LogP contribution >= 0.6 is 0 Å². The molecule has 5 N–H and O–H groups in total. The van der Waals surface area contributed by atoms with Crippen molar-refractivity contribution in [3.8, 4) is 17.2 Å². The van der Waals surface area contributed by atoms with Gasteiger partial charge in [-0.1, -0.05) is 6.07 Å². The molecule has 1 atom stereocenters. The number of nitrogens with two attached hydrogens (primary N) is 2. The molecule has 0 aliphatic heterocycles. The number of rotatable bonds is 6. The Bertz CT molecular complexity index is 832. The fraction of sp³-hybridized carbons (Fsp3) is 0.111. The highest BCUT2D eigenvalue weighted by molar-refractivity contribution is 5.78. The summed E-state index contributed by atoms with van der Waals surface area (Å²) in [5, 5.41) is 0. The number of H-pyrrole nitrogens is 1. The molecule has 1 aromatic heterocycles. The molecule has 25 heavy (non-hydrogen) atoms. The topological polar surface area (TPSA) is 116 Å². The Kier molecular flexibility index (Phi) is 4.96. The number of benzene rings is 2. The SMILES string of the molecule is Nc1cccc(Oc2ccc(OC(=O)[C@@H](N)Cc3c[nH]cn3)cc2)c1. The van der Waals surface area contributed by atoms with E-state index >= 15 is 0 Å². The first-order chi connectivity index (χ1) is 12.1. The highest BCUT2D eigenvalue weighted by Gasteiger charge is 2.17. The lowest BCUT2D eigenvalue weighted by molar-refractivity contribution is -0.135. The molecule has 0 saturated heterocycles. The van der Waals surface area contributed by atoms with Gasteiger partial charge in [-0.05, 0) is 36.4 Å². The van der Waals surface area contributed by atoms with Gasteiger partial charge in [0, 0.05) is 24.4 Å². The van der Waals surface area contributed by atoms with Crippen molar-refractivity contribution in [1.82, 2.24) is 9.97 Å². The molecule has 0 aliphatic carbocycles. The monoisotopic (exact) mass is 338 g/mol. The van der Waals surface area contributed by atoms with Crippen LogP contribution in [0, 0.1) is 0 Å². The summed E-state index contributed by atoms with van der Waals surface area (Å²) < 4.78 is 11.0. The Hall–Kier alpha value is -3.32. The zero-order chi connectivity index (χ0) is 17.6. The summed E-state index contributed by atoms with van der Waals surface area (Å²) in [7, 11) is 0. The Morgan fingerprint density at radius 2 is 1.88 bits per heavy atom. The largest absolute Gasteiger partial charge is 0.457 e. The molecule has 0 radical (unpaired) electrons. The summed E-state index contributed by atoms with van der Waals surface area (Å²) in [4.78, 5) is 18.9. The zero-order valence-electron chi connectivity index (χ0n) is 13.4. The third-order valence-corrected chi connectivity index (χ3v) is 3.42. The number of anilines is 1. The molecule has 0 saturated carbocycles. The third kappa shape index (κ3) is 4.58. The summed E-state index contributed by atoms with van der Waals surface area (Å²) in [6.45, 7) is 0. The van der Waals surface area contributed by atoms with E-state index in [1.54, 1.807) is 48.7 Å². The van der Waals surface area contributed by atoms with Crippen molar-refractivity contribution in [1.29, 1.82) is 0 Å². The second kappa shape index (κ2) is 7.50. The van der Waals surface area contributed by atoms with Gasteiger partial charge in [-0.2, -0.15) is 0 Å². The molecule has 0 amide bonds. The van der Waals surface area contributed by atoms with Crippen molar-refractivity contribution in [3.05, 3.63) is 66.7 Å². The number of hydrogen-bond acceptors (Lipinski definition) is 6. The molecule has 3 aromatic rings. The van der Waals surface area contributed by atoms with Crippen LogP contribution in [-0.4, -0.2) is 22.0 Å². The van der Waals surface area contributed by atoms with Gasteiger partial charge < -0.3 is 25.9 Å². The van der Waals surface area contributed by atoms with Crippen molar-refractivity contribution in [2.75, 3.05) is 5.73 Å². The van der Waals surface area contributed by atoms with E-state index in [-0.39, 0.29) is 0 Å². The van der Waals surface area contributed by atoms with Crippen molar-refractivity contribution < 1.29 is 14.3 Å². The maximum absolute atomic E-state index is 12.0. The van der Waals surface area contributed by atoms with E-state index in [4.69, 9.17) is 20.9 Å². The predicted octanol–water partition coefficient (Wildman–Crippen LogP) is 2.26. The van der Waals surface area contributed by atoms with E-state index < -0.39 is 12.0 Å². The van der Waals surface area contributed by atoms with Crippen molar-refractivity contribution in [2.24, 2.45) is 5.73 Å². The predicted molar refractivity (Wildman–Crippen MR) is 93.3 cm³/mol. The Balaban J connectivity index is 1.57. The van der Waals surface area contributed by atoms with Gasteiger partial charge in [0.05, 0.1) is 12.0 Å². The Labute approximate surface area is 144 Å². The lowest BCUT2D eigenvalue weighted by Gasteiger charge is -2.11. The molecule has 2 aromatic carbocycles. The van der Waals surface area contributed by atoms with Gasteiger partial charge in [0.1, 0.15) is 23.3 Å². The fourth-order valence-electron chi connectivity index (χ4n) is 2.19. The average molecular weight is 338 g/mol. The van der Waals surface area contributed by atoms with E-state index in [0.29, 0.717) is 35.1 Å². The smallest absolute Gasteiger partial charge is 0.328 e. The first-order valence-electron chi connectivity index (χ1n) is 7.68. The second-order valence-electron chi connectivity index (χ2n) is 5.44. The van der Waals surface area contributed by atoms with Crippen LogP contribution < -0.4 is 20.9 Å². The Morgan fingerprint density at radius 1 is 1.12 bits per heavy atom. The van der Waals surface area contributed by atoms with Gasteiger partial charge in [-0.3, -0.25) is 0 Å². The molecule has 3 rings (SSSR count). The minimum Gasteiger partial charge on any atom is -0.457 e. The fourth-order valence-corrected chi connectivity index (χ4v) is 2.19. The number of carbonyl (C=O) groups excluding carboxylic acids is 1. The number of carbonyl (C=O) groups is 1. The van der Waals surface area contributed by atoms with Crippen molar-refractivity contribution in [3.63, 3.8) is 0 Å². The summed E-state index contributed by atoms with van der Waals surface area (Å²) >= 11 is 0. The van der Waals surface area contributed by atoms with E-state index in [1.807, 2.05) is 6.07 Å². The van der Waals surface area contributed by atoms with Gasteiger partial charge >= 0.3 is 5.97 Å². The molecule has 0 fully saturated rings. The lowest BCUT2D eigenvalue weighted by atomic mass is 10.2. The lowest BCUT2D eigenvalue weighted by Crippen LogP contribution is -2.36. The summed E-state index contributed by atoms with van der Waals surface area (Å²) in [5.41, 5.74) is 12.9. The number of esters is 1. The van der Waals surface area contributed by atoms with E-state index in [9.17, 15) is 4.79 Å². The van der Waals surface area contributed by atoms with Crippen LogP contribution in [0.3, 0.4) is 0 Å². The van der Waals surface area contributed by atoms with Crippen LogP contribution in [0.5, 0.6) is 17.2 Å². The number of aromatic nitrogens is 2. The van der Waals surface area contributed by atoms with Crippen LogP contribution in [0.4, 0.5) is 5.69 Å². The molecule has 0 aliphatic rings. The highest BCUT2D eigenvalue weighted by atomic mass is 16.5. The van der Waals surface area contributed by atoms with Gasteiger partial charge in [-0.25, -0.2) is 9.78 Å². The molecular weight excluding hydrogens is 320 g/mol. The summed E-state index contributed by atoms with van der Waals surface area (Å²) in [6.07, 6.45) is 3.53. The highest BCUT2D eigenvalue weighted by Crippen LogP contribution is 2.25. The first kappa shape index (κ1) is 16.5. The van der Waals surface area contributed by atoms with Crippen molar-refractivity contribution >= 4 is 11.7 Å². The Morgan fingerprint density at radius 3 is 2.56 bits per heavy atom. The number of nitrogens with one attached hydrogen (secondary N) is 1. The van der Waals surface area contributed by atoms with Crippen LogP contribution in [0.25, 0.3) is 0 Å².